The fourth-order valence-electron chi connectivity index (χ4n) is 9.87. The Balaban J connectivity index is 3.41. The summed E-state index contributed by atoms with van der Waals surface area (Å²) < 4.78 is 5.48. The highest BCUT2D eigenvalue weighted by Gasteiger charge is 2.18. The Morgan fingerprint density at radius 1 is 0.386 bits per heavy atom. The second-order valence-electron chi connectivity index (χ2n) is 21.7. The molecule has 0 bridgehead atoms. The molecule has 0 rings (SSSR count). The molecule has 2 atom stereocenters. The number of carbonyl (C=O) groups excluding carboxylic acids is 2. The summed E-state index contributed by atoms with van der Waals surface area (Å²) in [4.78, 5) is 24.5. The van der Waals surface area contributed by atoms with Gasteiger partial charge in [0.1, 0.15) is 0 Å². The average Bonchev–Trinajstić information content (AvgIpc) is 3.36. The predicted molar refractivity (Wildman–Crippen MR) is 306 cm³/mol. The maximum absolute atomic E-state index is 12.5. The molecule has 414 valence electrons. The number of esters is 1. The molecule has 0 saturated heterocycles. The van der Waals surface area contributed by atoms with E-state index >= 15 is 0 Å². The van der Waals surface area contributed by atoms with Gasteiger partial charge in [0.15, 0.2) is 0 Å². The van der Waals surface area contributed by atoms with Crippen LogP contribution >= 0.6 is 0 Å². The summed E-state index contributed by atoms with van der Waals surface area (Å²) in [5.41, 5.74) is 0. The molecule has 0 aliphatic carbocycles. The van der Waals surface area contributed by atoms with Gasteiger partial charge in [-0.25, -0.2) is 0 Å². The van der Waals surface area contributed by atoms with Gasteiger partial charge in [0.25, 0.3) is 0 Å². The maximum atomic E-state index is 12.5. The number of ether oxygens (including phenoxy) is 1. The Hall–Kier alpha value is -1.66. The van der Waals surface area contributed by atoms with Crippen LogP contribution < -0.4 is 5.32 Å². The van der Waals surface area contributed by atoms with Gasteiger partial charge in [-0.15, -0.1) is 0 Å². The van der Waals surface area contributed by atoms with Gasteiger partial charge in [-0.3, -0.25) is 9.59 Å². The molecule has 6 heteroatoms. The zero-order chi connectivity index (χ0) is 50.7. The van der Waals surface area contributed by atoms with Crippen molar-refractivity contribution in [2.75, 3.05) is 13.2 Å². The summed E-state index contributed by atoms with van der Waals surface area (Å²) in [6.07, 6.45) is 73.6. The van der Waals surface area contributed by atoms with E-state index in [1.54, 1.807) is 6.08 Å². The lowest BCUT2D eigenvalue weighted by molar-refractivity contribution is -0.143. The minimum atomic E-state index is -0.845. The van der Waals surface area contributed by atoms with Crippen molar-refractivity contribution in [2.45, 2.75) is 360 Å². The van der Waals surface area contributed by atoms with Crippen LogP contribution in [0, 0.1) is 0 Å². The predicted octanol–water partition coefficient (Wildman–Crippen LogP) is 19.8. The van der Waals surface area contributed by atoms with Crippen LogP contribution in [0.5, 0.6) is 0 Å². The molecule has 0 aliphatic rings. The molecular formula is C64H123NO5. The van der Waals surface area contributed by atoms with E-state index < -0.39 is 12.1 Å². The third-order valence-corrected chi connectivity index (χ3v) is 14.7. The normalized spacial score (nSPS) is 12.7. The first-order valence-corrected chi connectivity index (χ1v) is 31.6. The van der Waals surface area contributed by atoms with Crippen LogP contribution in [0.4, 0.5) is 0 Å². The number of carbonyl (C=O) groups is 2. The van der Waals surface area contributed by atoms with Gasteiger partial charge in [-0.05, 0) is 57.8 Å². The number of aliphatic hydroxyl groups excluding tert-OH is 2. The summed E-state index contributed by atoms with van der Waals surface area (Å²) in [6, 6.07) is -0.629. The van der Waals surface area contributed by atoms with Crippen molar-refractivity contribution < 1.29 is 24.5 Å². The zero-order valence-corrected chi connectivity index (χ0v) is 47.3. The average molecular weight is 987 g/mol. The topological polar surface area (TPSA) is 95.9 Å². The first-order chi connectivity index (χ1) is 34.5. The number of rotatable bonds is 59. The van der Waals surface area contributed by atoms with E-state index in [0.717, 1.165) is 44.9 Å². The van der Waals surface area contributed by atoms with E-state index in [2.05, 4.69) is 31.3 Å². The Labute approximate surface area is 437 Å². The van der Waals surface area contributed by atoms with Crippen LogP contribution in [0.25, 0.3) is 0 Å². The maximum Gasteiger partial charge on any atom is 0.305 e. The van der Waals surface area contributed by atoms with Crippen molar-refractivity contribution >= 4 is 11.9 Å². The molecule has 6 nitrogen and oxygen atoms in total. The van der Waals surface area contributed by atoms with Crippen LogP contribution in [-0.4, -0.2) is 47.4 Å². The molecule has 0 spiro atoms. The number of hydrogen-bond donors (Lipinski definition) is 3. The van der Waals surface area contributed by atoms with Crippen molar-refractivity contribution in [1.29, 1.82) is 0 Å². The summed E-state index contributed by atoms with van der Waals surface area (Å²) in [7, 11) is 0. The number of unbranched alkanes of at least 4 members (excludes halogenated alkanes) is 46. The first kappa shape index (κ1) is 68.3. The lowest BCUT2D eigenvalue weighted by Crippen LogP contribution is -2.45. The van der Waals surface area contributed by atoms with Crippen LogP contribution in [0.2, 0.25) is 0 Å². The van der Waals surface area contributed by atoms with Gasteiger partial charge in [0, 0.05) is 12.8 Å². The molecule has 0 fully saturated rings. The van der Waals surface area contributed by atoms with Crippen molar-refractivity contribution in [3.8, 4) is 0 Å². The number of allylic oxidation sites excluding steroid dienone is 3. The molecule has 0 aromatic heterocycles. The van der Waals surface area contributed by atoms with E-state index in [0.29, 0.717) is 19.4 Å². The van der Waals surface area contributed by atoms with Gasteiger partial charge in [-0.1, -0.05) is 301 Å². The number of nitrogens with one attached hydrogen (secondary N) is 1. The highest BCUT2D eigenvalue weighted by molar-refractivity contribution is 5.76. The Bertz CT molecular complexity index is 1090. The SMILES string of the molecule is CCCCCCCC/C=C\CCCCCCCC(=O)OCCCCCCCCCCCCCCCCCCCCCCCC(=O)NC(CO)C(O)/C=C/CCCCCCCCCCCCCCCCC. The summed E-state index contributed by atoms with van der Waals surface area (Å²) >= 11 is 0. The van der Waals surface area contributed by atoms with E-state index in [9.17, 15) is 19.8 Å². The lowest BCUT2D eigenvalue weighted by atomic mass is 10.0. The van der Waals surface area contributed by atoms with E-state index in [1.165, 1.54) is 276 Å². The van der Waals surface area contributed by atoms with E-state index in [1.807, 2.05) is 6.08 Å². The monoisotopic (exact) mass is 986 g/mol. The molecule has 0 radical (unpaired) electrons. The smallest absolute Gasteiger partial charge is 0.305 e. The fourth-order valence-corrected chi connectivity index (χ4v) is 9.87. The second-order valence-corrected chi connectivity index (χ2v) is 21.7. The molecule has 0 aromatic rings. The number of aliphatic hydroxyl groups is 2. The summed E-state index contributed by atoms with van der Waals surface area (Å²) in [6.45, 7) is 4.92. The van der Waals surface area contributed by atoms with E-state index in [4.69, 9.17) is 4.74 Å². The van der Waals surface area contributed by atoms with Crippen LogP contribution in [0.3, 0.4) is 0 Å². The molecular weight excluding hydrogens is 863 g/mol. The first-order valence-electron chi connectivity index (χ1n) is 31.6. The van der Waals surface area contributed by atoms with Gasteiger partial charge >= 0.3 is 5.97 Å². The quantitative estimate of drug-likeness (QED) is 0.0321. The number of amides is 1. The third-order valence-electron chi connectivity index (χ3n) is 14.7. The minimum absolute atomic E-state index is 0.00390. The molecule has 0 saturated carbocycles. The minimum Gasteiger partial charge on any atom is -0.466 e. The standard InChI is InChI=1S/C64H123NO5/c1-3-5-7-9-11-13-15-17-19-25-29-32-36-40-44-48-52-56-62(67)61(60-66)65-63(68)57-53-49-45-41-37-33-30-26-23-21-20-22-24-27-31-35-39-43-47-51-55-59-70-64(69)58-54-50-46-42-38-34-28-18-16-14-12-10-8-6-4-2/h18,28,52,56,61-62,66-67H,3-17,19-27,29-51,53-55,57-60H2,1-2H3,(H,65,68)/b28-18-,56-52+. The zero-order valence-electron chi connectivity index (χ0n) is 47.3. The van der Waals surface area contributed by atoms with Crippen LogP contribution in [-0.2, 0) is 14.3 Å². The van der Waals surface area contributed by atoms with Gasteiger partial charge in [0.2, 0.25) is 5.91 Å². The Morgan fingerprint density at radius 3 is 1.01 bits per heavy atom. The third kappa shape index (κ3) is 55.7. The molecule has 0 aliphatic heterocycles. The van der Waals surface area contributed by atoms with Crippen molar-refractivity contribution in [2.24, 2.45) is 0 Å². The fraction of sp³-hybridized carbons (Fsp3) is 0.906. The van der Waals surface area contributed by atoms with Crippen LogP contribution in [0.1, 0.15) is 348 Å². The van der Waals surface area contributed by atoms with Gasteiger partial charge in [0.05, 0.1) is 25.4 Å². The summed E-state index contributed by atoms with van der Waals surface area (Å²) in [5.74, 6) is -0.0627. The van der Waals surface area contributed by atoms with Crippen molar-refractivity contribution in [3.05, 3.63) is 24.3 Å². The van der Waals surface area contributed by atoms with Crippen molar-refractivity contribution in [1.82, 2.24) is 5.32 Å². The van der Waals surface area contributed by atoms with Gasteiger partial charge in [-0.2, -0.15) is 0 Å². The lowest BCUT2D eigenvalue weighted by Gasteiger charge is -2.20. The largest absolute Gasteiger partial charge is 0.466 e. The summed E-state index contributed by atoms with van der Waals surface area (Å²) in [5, 5.41) is 23.2. The van der Waals surface area contributed by atoms with Crippen LogP contribution in [0.15, 0.2) is 24.3 Å². The molecule has 3 N–H and O–H groups in total. The molecule has 2 unspecified atom stereocenters. The molecule has 0 aromatic carbocycles. The van der Waals surface area contributed by atoms with Crippen molar-refractivity contribution in [3.63, 3.8) is 0 Å². The van der Waals surface area contributed by atoms with Gasteiger partial charge < -0.3 is 20.3 Å². The van der Waals surface area contributed by atoms with E-state index in [-0.39, 0.29) is 18.5 Å². The molecule has 70 heavy (non-hydrogen) atoms. The second kappa shape index (κ2) is 59.9. The Kier molecular flexibility index (Phi) is 58.5. The number of hydrogen-bond acceptors (Lipinski definition) is 5. The molecule has 1 amide bonds. The molecule has 0 heterocycles. The Morgan fingerprint density at radius 2 is 0.671 bits per heavy atom. The highest BCUT2D eigenvalue weighted by Crippen LogP contribution is 2.18. The highest BCUT2D eigenvalue weighted by atomic mass is 16.5.